The zero-order valence-electron chi connectivity index (χ0n) is 6.11. The molecular formula is C7H10K2Li2O5. The normalized spacial score (nSPS) is 6.00. The van der Waals surface area contributed by atoms with Crippen molar-refractivity contribution in [2.24, 2.45) is 0 Å². The van der Waals surface area contributed by atoms with Crippen LogP contribution in [0.2, 0.25) is 0 Å². The molecule has 0 rings (SSSR count). The Morgan fingerprint density at radius 2 is 1.06 bits per heavy atom. The molecule has 0 saturated heterocycles. The second-order valence-corrected chi connectivity index (χ2v) is 1.50. The van der Waals surface area contributed by atoms with Crippen LogP contribution in [0.25, 0.3) is 0 Å². The summed E-state index contributed by atoms with van der Waals surface area (Å²) in [4.78, 5) is 31.0. The summed E-state index contributed by atoms with van der Waals surface area (Å²) in [7, 11) is 0. The van der Waals surface area contributed by atoms with Gasteiger partial charge < -0.3 is 9.47 Å². The Kier molecular flexibility index (Phi) is 38.7. The third kappa shape index (κ3) is 18.9. The number of esters is 2. The van der Waals surface area contributed by atoms with E-state index in [2.05, 4.69) is 22.6 Å². The Balaban J connectivity index is -0.000000101. The fourth-order valence-corrected chi connectivity index (χ4v) is 0.268. The molecule has 0 heterocycles. The standard InChI is InChI=1S/C7H6O5.2K.2Li.4H/c1-3-5(8)11-7(10)12-6(9)4-2;;;;;;;;/h3-4H,1-2H2;;;;;;;;. The van der Waals surface area contributed by atoms with Crippen molar-refractivity contribution in [2.75, 3.05) is 0 Å². The average molecular weight is 266 g/mol. The van der Waals surface area contributed by atoms with Crippen LogP contribution in [0, 0.1) is 0 Å². The molecule has 0 unspecified atom stereocenters. The Hall–Kier alpha value is 2.56. The molecule has 72 valence electrons. The minimum absolute atomic E-state index is 0. The zero-order valence-corrected chi connectivity index (χ0v) is 6.11. The van der Waals surface area contributed by atoms with Gasteiger partial charge in [-0.2, -0.15) is 0 Å². The minimum atomic E-state index is -1.40. The summed E-state index contributed by atoms with van der Waals surface area (Å²) in [5, 5.41) is 0. The molecule has 0 aliphatic rings. The van der Waals surface area contributed by atoms with Crippen LogP contribution in [0.1, 0.15) is 0 Å². The fraction of sp³-hybridized carbons (Fsp3) is 0. The average Bonchev–Trinajstić information content (AvgIpc) is 2.03. The van der Waals surface area contributed by atoms with E-state index in [1.54, 1.807) is 0 Å². The molecule has 16 heavy (non-hydrogen) atoms. The summed E-state index contributed by atoms with van der Waals surface area (Å²) in [6.45, 7) is 6.05. The molecule has 0 amide bonds. The van der Waals surface area contributed by atoms with E-state index >= 15 is 0 Å². The first-order valence-corrected chi connectivity index (χ1v) is 2.82. The van der Waals surface area contributed by atoms with E-state index < -0.39 is 18.1 Å². The van der Waals surface area contributed by atoms with Crippen molar-refractivity contribution >= 4 is 159 Å². The molecule has 0 aromatic heterocycles. The molecule has 0 N–H and O–H groups in total. The zero-order chi connectivity index (χ0) is 9.56. The number of hydrogen-bond acceptors (Lipinski definition) is 5. The molecule has 5 nitrogen and oxygen atoms in total. The molecule has 9 heteroatoms. The summed E-state index contributed by atoms with van der Waals surface area (Å²) in [6.07, 6.45) is 0.129. The van der Waals surface area contributed by atoms with E-state index in [0.717, 1.165) is 12.2 Å². The Labute approximate surface area is 203 Å². The molecule has 0 aliphatic heterocycles. The molecule has 0 atom stereocenters. The van der Waals surface area contributed by atoms with Crippen molar-refractivity contribution in [1.82, 2.24) is 0 Å². The Bertz CT molecular complexity index is 233. The second kappa shape index (κ2) is 19.9. The molecule has 0 spiro atoms. The van der Waals surface area contributed by atoms with Gasteiger partial charge in [-0.15, -0.1) is 0 Å². The van der Waals surface area contributed by atoms with Crippen molar-refractivity contribution in [2.45, 2.75) is 0 Å². The first-order valence-electron chi connectivity index (χ1n) is 2.82. The topological polar surface area (TPSA) is 69.7 Å². The maximum absolute atomic E-state index is 10.4. The van der Waals surface area contributed by atoms with Crippen LogP contribution in [0.5, 0.6) is 0 Å². The monoisotopic (exact) mass is 266 g/mol. The van der Waals surface area contributed by atoms with E-state index in [-0.39, 0.29) is 140 Å². The summed E-state index contributed by atoms with van der Waals surface area (Å²) in [5.74, 6) is -1.98. The number of hydrogen-bond donors (Lipinski definition) is 0. The van der Waals surface area contributed by atoms with Crippen molar-refractivity contribution in [1.29, 1.82) is 0 Å². The van der Waals surface area contributed by atoms with E-state index in [0.29, 0.717) is 0 Å². The van der Waals surface area contributed by atoms with Gasteiger partial charge in [0, 0.05) is 12.2 Å². The van der Waals surface area contributed by atoms with Gasteiger partial charge in [-0.05, 0) is 0 Å². The van der Waals surface area contributed by atoms with Crippen molar-refractivity contribution in [3.8, 4) is 0 Å². The van der Waals surface area contributed by atoms with Crippen LogP contribution in [0.15, 0.2) is 25.3 Å². The molecule has 0 fully saturated rings. The van der Waals surface area contributed by atoms with Gasteiger partial charge in [0.05, 0.1) is 0 Å². The third-order valence-corrected chi connectivity index (χ3v) is 0.701. The Morgan fingerprint density at radius 3 is 1.25 bits per heavy atom. The fourth-order valence-electron chi connectivity index (χ4n) is 0.268. The van der Waals surface area contributed by atoms with E-state index in [1.165, 1.54) is 0 Å². The predicted molar refractivity (Wildman–Crippen MR) is 66.6 cm³/mol. The van der Waals surface area contributed by atoms with Gasteiger partial charge in [0.1, 0.15) is 0 Å². The second-order valence-electron chi connectivity index (χ2n) is 1.50. The van der Waals surface area contributed by atoms with Crippen molar-refractivity contribution < 1.29 is 23.9 Å². The van der Waals surface area contributed by atoms with E-state index in [9.17, 15) is 14.4 Å². The van der Waals surface area contributed by atoms with Crippen LogP contribution in [-0.2, 0) is 19.1 Å². The van der Waals surface area contributed by atoms with Crippen LogP contribution >= 0.6 is 0 Å². The van der Waals surface area contributed by atoms with Crippen LogP contribution in [-0.4, -0.2) is 159 Å². The van der Waals surface area contributed by atoms with Gasteiger partial charge in [0.15, 0.2) is 0 Å². The van der Waals surface area contributed by atoms with Crippen LogP contribution in [0.4, 0.5) is 4.79 Å². The Morgan fingerprint density at radius 1 is 0.812 bits per heavy atom. The van der Waals surface area contributed by atoms with Gasteiger partial charge in [-0.25, -0.2) is 14.4 Å². The van der Waals surface area contributed by atoms with Crippen LogP contribution in [0.3, 0.4) is 0 Å². The molecular weight excluding hydrogens is 256 g/mol. The van der Waals surface area contributed by atoms with Gasteiger partial charge in [0.25, 0.3) is 0 Å². The number of carbonyl (C=O) groups is 3. The summed E-state index contributed by atoms with van der Waals surface area (Å²) < 4.78 is 7.77. The van der Waals surface area contributed by atoms with E-state index in [1.807, 2.05) is 0 Å². The van der Waals surface area contributed by atoms with Gasteiger partial charge in [0.2, 0.25) is 0 Å². The van der Waals surface area contributed by atoms with Crippen LogP contribution < -0.4 is 0 Å². The quantitative estimate of drug-likeness (QED) is 0.249. The molecule has 0 aromatic rings. The van der Waals surface area contributed by atoms with Crippen molar-refractivity contribution in [3.63, 3.8) is 0 Å². The van der Waals surface area contributed by atoms with Gasteiger partial charge >= 0.3 is 159 Å². The molecule has 0 aromatic carbocycles. The molecule has 0 aliphatic carbocycles. The van der Waals surface area contributed by atoms with Gasteiger partial charge in [-0.1, -0.05) is 13.2 Å². The first kappa shape index (κ1) is 31.1. The number of carbonyl (C=O) groups excluding carboxylic acids is 3. The predicted octanol–water partition coefficient (Wildman–Crippen LogP) is -2.03. The molecule has 0 bridgehead atoms. The third-order valence-electron chi connectivity index (χ3n) is 0.701. The summed E-state index contributed by atoms with van der Waals surface area (Å²) >= 11 is 0. The van der Waals surface area contributed by atoms with Gasteiger partial charge in [-0.3, -0.25) is 0 Å². The number of rotatable bonds is 2. The summed E-state index contributed by atoms with van der Waals surface area (Å²) in [6, 6.07) is 0. The summed E-state index contributed by atoms with van der Waals surface area (Å²) in [5.41, 5.74) is 0. The number of ether oxygens (including phenoxy) is 2. The van der Waals surface area contributed by atoms with E-state index in [4.69, 9.17) is 0 Å². The first-order chi connectivity index (χ1) is 5.60. The maximum atomic E-state index is 10.4. The molecule has 0 saturated carbocycles. The molecule has 0 radical (unpaired) electrons. The SMILES string of the molecule is C=CC(=O)OC(=O)OC(=O)C=C.[KH].[KH].[LiH].[LiH]. The van der Waals surface area contributed by atoms with Crippen molar-refractivity contribution in [3.05, 3.63) is 25.3 Å².